The monoisotopic (exact) mass is 177 g/mol. The molecule has 0 aromatic carbocycles. The quantitative estimate of drug-likeness (QED) is 0.735. The molecule has 0 saturated carbocycles. The van der Waals surface area contributed by atoms with Crippen molar-refractivity contribution in [3.63, 3.8) is 0 Å². The van der Waals surface area contributed by atoms with Gasteiger partial charge in [0.25, 0.3) is 0 Å². The number of fused-ring (bicyclic) bond motifs is 1. The molecule has 0 amide bonds. The summed E-state index contributed by atoms with van der Waals surface area (Å²) in [5, 5.41) is 4.47. The van der Waals surface area contributed by atoms with E-state index in [0.29, 0.717) is 6.54 Å². The lowest BCUT2D eigenvalue weighted by atomic mass is 10.0. The van der Waals surface area contributed by atoms with E-state index >= 15 is 0 Å². The van der Waals surface area contributed by atoms with Gasteiger partial charge in [-0.25, -0.2) is 0 Å². The average Bonchev–Trinajstić information content (AvgIpc) is 2.46. The predicted octanol–water partition coefficient (Wildman–Crippen LogP) is 1.11. The molecule has 0 saturated heterocycles. The molecule has 0 bridgehead atoms. The highest BCUT2D eigenvalue weighted by molar-refractivity contribution is 5.53. The van der Waals surface area contributed by atoms with Gasteiger partial charge in [-0.15, -0.1) is 0 Å². The van der Waals surface area contributed by atoms with Gasteiger partial charge in [0.05, 0.1) is 17.9 Å². The molecule has 0 fully saturated rings. The standard InChI is InChI=1S/C10H15N3/c1-8-9-4-2-3-5-10(9)13(12-8)7-6-11/h3,5H,2,4,6-7,11H2,1H3. The summed E-state index contributed by atoms with van der Waals surface area (Å²) in [5.41, 5.74) is 9.34. The Morgan fingerprint density at radius 1 is 1.62 bits per heavy atom. The molecule has 0 aliphatic heterocycles. The smallest absolute Gasteiger partial charge is 0.0642 e. The maximum absolute atomic E-state index is 5.52. The molecular weight excluding hydrogens is 162 g/mol. The van der Waals surface area contributed by atoms with Gasteiger partial charge in [0.2, 0.25) is 0 Å². The summed E-state index contributed by atoms with van der Waals surface area (Å²) in [4.78, 5) is 0. The van der Waals surface area contributed by atoms with Crippen LogP contribution in [-0.4, -0.2) is 16.3 Å². The van der Waals surface area contributed by atoms with Crippen molar-refractivity contribution >= 4 is 6.08 Å². The van der Waals surface area contributed by atoms with E-state index in [1.165, 1.54) is 11.3 Å². The third-order valence-electron chi connectivity index (χ3n) is 2.47. The van der Waals surface area contributed by atoms with Crippen LogP contribution in [0.25, 0.3) is 6.08 Å². The number of hydrogen-bond donors (Lipinski definition) is 1. The lowest BCUT2D eigenvalue weighted by Crippen LogP contribution is -2.13. The number of aryl methyl sites for hydroxylation is 1. The van der Waals surface area contributed by atoms with Crippen LogP contribution < -0.4 is 5.73 Å². The second kappa shape index (κ2) is 3.34. The van der Waals surface area contributed by atoms with Crippen molar-refractivity contribution in [1.29, 1.82) is 0 Å². The summed E-state index contributed by atoms with van der Waals surface area (Å²) in [5.74, 6) is 0. The topological polar surface area (TPSA) is 43.8 Å². The molecule has 1 aliphatic carbocycles. The molecule has 0 unspecified atom stereocenters. The summed E-state index contributed by atoms with van der Waals surface area (Å²) >= 11 is 0. The van der Waals surface area contributed by atoms with Crippen molar-refractivity contribution < 1.29 is 0 Å². The van der Waals surface area contributed by atoms with Gasteiger partial charge in [-0.2, -0.15) is 5.10 Å². The van der Waals surface area contributed by atoms with Crippen molar-refractivity contribution in [3.8, 4) is 0 Å². The predicted molar refractivity (Wildman–Crippen MR) is 53.4 cm³/mol. The number of hydrogen-bond acceptors (Lipinski definition) is 2. The summed E-state index contributed by atoms with van der Waals surface area (Å²) in [6.45, 7) is 3.55. The number of allylic oxidation sites excluding steroid dienone is 1. The van der Waals surface area contributed by atoms with Crippen molar-refractivity contribution in [3.05, 3.63) is 23.0 Å². The van der Waals surface area contributed by atoms with Crippen LogP contribution in [0.3, 0.4) is 0 Å². The Morgan fingerprint density at radius 2 is 2.46 bits per heavy atom. The molecule has 1 heterocycles. The van der Waals surface area contributed by atoms with Gasteiger partial charge in [-0.1, -0.05) is 6.08 Å². The molecule has 0 spiro atoms. The zero-order chi connectivity index (χ0) is 9.26. The second-order valence-corrected chi connectivity index (χ2v) is 3.40. The van der Waals surface area contributed by atoms with Crippen LogP contribution in [0.2, 0.25) is 0 Å². The molecule has 1 aliphatic rings. The van der Waals surface area contributed by atoms with Gasteiger partial charge < -0.3 is 5.73 Å². The van der Waals surface area contributed by atoms with E-state index in [-0.39, 0.29) is 0 Å². The summed E-state index contributed by atoms with van der Waals surface area (Å²) in [6, 6.07) is 0. The molecule has 2 N–H and O–H groups in total. The minimum absolute atomic E-state index is 0.654. The second-order valence-electron chi connectivity index (χ2n) is 3.40. The van der Waals surface area contributed by atoms with Gasteiger partial charge in [0, 0.05) is 12.1 Å². The third kappa shape index (κ3) is 1.40. The Labute approximate surface area is 78.2 Å². The molecule has 0 atom stereocenters. The molecule has 3 nitrogen and oxygen atoms in total. The molecule has 3 heteroatoms. The van der Waals surface area contributed by atoms with Crippen LogP contribution >= 0.6 is 0 Å². The van der Waals surface area contributed by atoms with E-state index < -0.39 is 0 Å². The minimum Gasteiger partial charge on any atom is -0.329 e. The molecule has 2 rings (SSSR count). The Morgan fingerprint density at radius 3 is 3.23 bits per heavy atom. The maximum Gasteiger partial charge on any atom is 0.0642 e. The summed E-state index contributed by atoms with van der Waals surface area (Å²) in [6.07, 6.45) is 6.63. The Hall–Kier alpha value is -1.09. The van der Waals surface area contributed by atoms with Crippen molar-refractivity contribution in [2.45, 2.75) is 26.3 Å². The summed E-state index contributed by atoms with van der Waals surface area (Å²) < 4.78 is 2.01. The van der Waals surface area contributed by atoms with Gasteiger partial charge in [-0.3, -0.25) is 4.68 Å². The fourth-order valence-electron chi connectivity index (χ4n) is 1.85. The lowest BCUT2D eigenvalue weighted by Gasteiger charge is -2.07. The van der Waals surface area contributed by atoms with Crippen molar-refractivity contribution in [1.82, 2.24) is 9.78 Å². The van der Waals surface area contributed by atoms with E-state index in [1.54, 1.807) is 0 Å². The van der Waals surface area contributed by atoms with Crippen molar-refractivity contribution in [2.24, 2.45) is 5.73 Å². The third-order valence-corrected chi connectivity index (χ3v) is 2.47. The SMILES string of the molecule is Cc1nn(CCN)c2c1CCC=C2. The first-order chi connectivity index (χ1) is 6.33. The van der Waals surface area contributed by atoms with Crippen LogP contribution in [0, 0.1) is 6.92 Å². The van der Waals surface area contributed by atoms with E-state index in [0.717, 1.165) is 25.1 Å². The zero-order valence-corrected chi connectivity index (χ0v) is 7.95. The highest BCUT2D eigenvalue weighted by Crippen LogP contribution is 2.21. The first kappa shape index (κ1) is 8.51. The first-order valence-electron chi connectivity index (χ1n) is 4.76. The number of nitrogens with zero attached hydrogens (tertiary/aromatic N) is 2. The number of nitrogens with two attached hydrogens (primary N) is 1. The lowest BCUT2D eigenvalue weighted by molar-refractivity contribution is 0.614. The van der Waals surface area contributed by atoms with Crippen LogP contribution in [0.1, 0.15) is 23.4 Å². The summed E-state index contributed by atoms with van der Waals surface area (Å²) in [7, 11) is 0. The number of rotatable bonds is 2. The highest BCUT2D eigenvalue weighted by Gasteiger charge is 2.13. The molecular formula is C10H15N3. The Kier molecular flexibility index (Phi) is 2.19. The highest BCUT2D eigenvalue weighted by atomic mass is 15.3. The van der Waals surface area contributed by atoms with Gasteiger partial charge in [-0.05, 0) is 25.8 Å². The van der Waals surface area contributed by atoms with E-state index in [1.807, 2.05) is 4.68 Å². The van der Waals surface area contributed by atoms with E-state index in [4.69, 9.17) is 5.73 Å². The van der Waals surface area contributed by atoms with Crippen LogP contribution in [0.5, 0.6) is 0 Å². The molecule has 0 radical (unpaired) electrons. The molecule has 70 valence electrons. The minimum atomic E-state index is 0.654. The van der Waals surface area contributed by atoms with Crippen molar-refractivity contribution in [2.75, 3.05) is 6.54 Å². The van der Waals surface area contributed by atoms with Gasteiger partial charge in [0.15, 0.2) is 0 Å². The van der Waals surface area contributed by atoms with Crippen LogP contribution in [0.15, 0.2) is 6.08 Å². The van der Waals surface area contributed by atoms with E-state index in [2.05, 4.69) is 24.2 Å². The Bertz CT molecular complexity index is 336. The fourth-order valence-corrected chi connectivity index (χ4v) is 1.85. The molecule has 13 heavy (non-hydrogen) atoms. The maximum atomic E-state index is 5.52. The first-order valence-corrected chi connectivity index (χ1v) is 4.76. The normalized spacial score (nSPS) is 14.6. The van der Waals surface area contributed by atoms with Gasteiger partial charge in [0.1, 0.15) is 0 Å². The number of aromatic nitrogens is 2. The van der Waals surface area contributed by atoms with Crippen LogP contribution in [-0.2, 0) is 13.0 Å². The average molecular weight is 177 g/mol. The molecule has 1 aromatic heterocycles. The largest absolute Gasteiger partial charge is 0.329 e. The molecule has 1 aromatic rings. The van der Waals surface area contributed by atoms with E-state index in [9.17, 15) is 0 Å². The van der Waals surface area contributed by atoms with Crippen LogP contribution in [0.4, 0.5) is 0 Å². The Balaban J connectivity index is 2.43. The van der Waals surface area contributed by atoms with Gasteiger partial charge >= 0.3 is 0 Å². The zero-order valence-electron chi connectivity index (χ0n) is 7.95. The fraction of sp³-hybridized carbons (Fsp3) is 0.500.